The molecule has 2 fully saturated rings. The Kier molecular flexibility index (Phi) is 12.5. The summed E-state index contributed by atoms with van der Waals surface area (Å²) in [5.41, 5.74) is 7.17. The molecule has 3 aromatic carbocycles. The first-order chi connectivity index (χ1) is 20.7. The van der Waals surface area contributed by atoms with Gasteiger partial charge >= 0.3 is 6.18 Å². The molecule has 43 heavy (non-hydrogen) atoms. The molecule has 0 aromatic heterocycles. The summed E-state index contributed by atoms with van der Waals surface area (Å²) in [5.74, 6) is -0.609. The number of halogens is 4. The van der Waals surface area contributed by atoms with Crippen LogP contribution in [-0.2, 0) is 6.18 Å². The highest BCUT2D eigenvalue weighted by atomic mass is 35.5. The Morgan fingerprint density at radius 3 is 1.79 bits per heavy atom. The number of benzene rings is 3. The number of hydrogen-bond donors (Lipinski definition) is 2. The molecule has 5 nitrogen and oxygen atoms in total. The van der Waals surface area contributed by atoms with Gasteiger partial charge in [-0.2, -0.15) is 13.2 Å². The molecule has 1 amide bonds. The molecule has 2 saturated heterocycles. The lowest BCUT2D eigenvalue weighted by molar-refractivity contribution is -0.137. The van der Waals surface area contributed by atoms with Crippen molar-refractivity contribution >= 4 is 17.5 Å². The zero-order valence-electron chi connectivity index (χ0n) is 24.5. The maximum absolute atomic E-state index is 13.1. The SMILES string of the molecule is N[C@H](CN1CCCCC1)c1ccccc1.O=C(N[C@H](CN1CCCCC1)c1ccccc1)c1cccc(C(F)(F)F)c1Cl. The summed E-state index contributed by atoms with van der Waals surface area (Å²) in [7, 11) is 0. The minimum Gasteiger partial charge on any atom is -0.344 e. The van der Waals surface area contributed by atoms with E-state index in [0.717, 1.165) is 44.1 Å². The number of carbonyl (C=O) groups is 1. The molecular formula is C34H42ClF3N4O. The van der Waals surface area contributed by atoms with Gasteiger partial charge in [-0.15, -0.1) is 0 Å². The number of amides is 1. The fourth-order valence-electron chi connectivity index (χ4n) is 5.71. The van der Waals surface area contributed by atoms with Crippen LogP contribution in [-0.4, -0.2) is 55.0 Å². The van der Waals surface area contributed by atoms with Crippen LogP contribution in [0.5, 0.6) is 0 Å². The largest absolute Gasteiger partial charge is 0.417 e. The molecule has 3 N–H and O–H groups in total. The Bertz CT molecular complexity index is 1260. The monoisotopic (exact) mass is 614 g/mol. The lowest BCUT2D eigenvalue weighted by Gasteiger charge is -2.31. The second kappa shape index (κ2) is 16.2. The maximum Gasteiger partial charge on any atom is 0.417 e. The van der Waals surface area contributed by atoms with E-state index in [1.165, 1.54) is 56.5 Å². The molecule has 0 spiro atoms. The van der Waals surface area contributed by atoms with Gasteiger partial charge in [0.05, 0.1) is 22.2 Å². The third-order valence-electron chi connectivity index (χ3n) is 8.08. The van der Waals surface area contributed by atoms with Crippen molar-refractivity contribution in [2.24, 2.45) is 5.73 Å². The fraction of sp³-hybridized carbons (Fsp3) is 0.441. The van der Waals surface area contributed by atoms with Crippen LogP contribution in [0.15, 0.2) is 78.9 Å². The van der Waals surface area contributed by atoms with Gasteiger partial charge in [-0.25, -0.2) is 0 Å². The van der Waals surface area contributed by atoms with Crippen LogP contribution in [0.1, 0.15) is 77.7 Å². The highest BCUT2D eigenvalue weighted by Crippen LogP contribution is 2.36. The van der Waals surface area contributed by atoms with E-state index >= 15 is 0 Å². The molecule has 9 heteroatoms. The third kappa shape index (κ3) is 10.1. The number of rotatable bonds is 8. The summed E-state index contributed by atoms with van der Waals surface area (Å²) in [6.45, 7) is 5.95. The third-order valence-corrected chi connectivity index (χ3v) is 8.48. The first kappa shape index (κ1) is 33.0. The molecule has 2 aliphatic heterocycles. The fourth-order valence-corrected chi connectivity index (χ4v) is 6.03. The summed E-state index contributed by atoms with van der Waals surface area (Å²) in [5, 5.41) is 2.31. The van der Waals surface area contributed by atoms with Crippen LogP contribution in [0.4, 0.5) is 13.2 Å². The average molecular weight is 615 g/mol. The second-order valence-electron chi connectivity index (χ2n) is 11.3. The van der Waals surface area contributed by atoms with E-state index in [0.29, 0.717) is 6.54 Å². The van der Waals surface area contributed by atoms with Crippen LogP contribution >= 0.6 is 11.6 Å². The van der Waals surface area contributed by atoms with Crippen LogP contribution in [0.3, 0.4) is 0 Å². The van der Waals surface area contributed by atoms with Crippen LogP contribution in [0, 0.1) is 0 Å². The minimum atomic E-state index is -4.61. The molecule has 5 rings (SSSR count). The highest BCUT2D eigenvalue weighted by molar-refractivity contribution is 6.34. The first-order valence-electron chi connectivity index (χ1n) is 15.2. The smallest absolute Gasteiger partial charge is 0.344 e. The van der Waals surface area contributed by atoms with Gasteiger partial charge < -0.3 is 20.9 Å². The highest BCUT2D eigenvalue weighted by Gasteiger charge is 2.35. The van der Waals surface area contributed by atoms with Gasteiger partial charge in [-0.3, -0.25) is 4.79 Å². The summed E-state index contributed by atoms with van der Waals surface area (Å²) in [6, 6.07) is 23.1. The van der Waals surface area contributed by atoms with Gasteiger partial charge in [0, 0.05) is 19.1 Å². The Balaban J connectivity index is 0.000000237. The van der Waals surface area contributed by atoms with E-state index in [1.807, 2.05) is 36.4 Å². The van der Waals surface area contributed by atoms with Crippen molar-refractivity contribution in [3.8, 4) is 0 Å². The molecule has 3 aromatic rings. The van der Waals surface area contributed by atoms with Crippen LogP contribution in [0.25, 0.3) is 0 Å². The van der Waals surface area contributed by atoms with Gasteiger partial charge in [0.25, 0.3) is 5.91 Å². The maximum atomic E-state index is 13.1. The molecule has 0 unspecified atom stereocenters. The molecule has 0 radical (unpaired) electrons. The van der Waals surface area contributed by atoms with Crippen molar-refractivity contribution in [3.63, 3.8) is 0 Å². The van der Waals surface area contributed by atoms with Gasteiger partial charge in [0.15, 0.2) is 0 Å². The summed E-state index contributed by atoms with van der Waals surface area (Å²) < 4.78 is 39.3. The number of nitrogens with two attached hydrogens (primary N) is 1. The molecule has 2 aliphatic rings. The number of nitrogens with one attached hydrogen (secondary N) is 1. The van der Waals surface area contributed by atoms with E-state index in [-0.39, 0.29) is 17.6 Å². The lowest BCUT2D eigenvalue weighted by Crippen LogP contribution is -2.40. The topological polar surface area (TPSA) is 61.6 Å². The standard InChI is InChI=1S/C21H22ClF3N2O.C13H20N2/c22-19-16(10-7-11-17(19)21(23,24)25)20(28)26-18(15-8-3-1-4-9-15)14-27-12-5-2-6-13-27;14-13(12-7-3-1-4-8-12)11-15-9-5-2-6-10-15/h1,3-4,7-11,18H,2,5-6,12-14H2,(H,26,28);1,3-4,7-8,13H,2,5-6,9-11,14H2/t18-;13-/m11/s1. The molecule has 2 heterocycles. The zero-order valence-corrected chi connectivity index (χ0v) is 25.3. The molecule has 0 bridgehead atoms. The van der Waals surface area contributed by atoms with Crippen molar-refractivity contribution < 1.29 is 18.0 Å². The van der Waals surface area contributed by atoms with Gasteiger partial charge in [-0.05, 0) is 75.1 Å². The Hall–Kier alpha value is -2.91. The van der Waals surface area contributed by atoms with E-state index in [9.17, 15) is 18.0 Å². The Labute approximate surface area is 258 Å². The molecule has 232 valence electrons. The summed E-state index contributed by atoms with van der Waals surface area (Å²) in [6.07, 6.45) is 2.85. The second-order valence-corrected chi connectivity index (χ2v) is 11.7. The predicted molar refractivity (Wildman–Crippen MR) is 167 cm³/mol. The van der Waals surface area contributed by atoms with Crippen molar-refractivity contribution in [1.82, 2.24) is 15.1 Å². The van der Waals surface area contributed by atoms with E-state index in [4.69, 9.17) is 17.3 Å². The summed E-state index contributed by atoms with van der Waals surface area (Å²) >= 11 is 5.92. The minimum absolute atomic E-state index is 0.170. The number of piperidine rings is 2. The number of hydrogen-bond acceptors (Lipinski definition) is 4. The number of alkyl halides is 3. The summed E-state index contributed by atoms with van der Waals surface area (Å²) in [4.78, 5) is 17.5. The van der Waals surface area contributed by atoms with Gasteiger partial charge in [0.1, 0.15) is 0 Å². The van der Waals surface area contributed by atoms with Crippen molar-refractivity contribution in [1.29, 1.82) is 0 Å². The zero-order chi connectivity index (χ0) is 30.7. The predicted octanol–water partition coefficient (Wildman–Crippen LogP) is 7.49. The van der Waals surface area contributed by atoms with Crippen LogP contribution in [0.2, 0.25) is 5.02 Å². The average Bonchev–Trinajstić information content (AvgIpc) is 3.02. The molecule has 0 aliphatic carbocycles. The number of likely N-dealkylation sites (tertiary alicyclic amines) is 2. The van der Waals surface area contributed by atoms with Gasteiger partial charge in [-0.1, -0.05) is 91.2 Å². The molecule has 2 atom stereocenters. The van der Waals surface area contributed by atoms with E-state index in [1.54, 1.807) is 0 Å². The van der Waals surface area contributed by atoms with Crippen molar-refractivity contribution in [3.05, 3.63) is 106 Å². The Morgan fingerprint density at radius 2 is 1.26 bits per heavy atom. The normalized spacial score (nSPS) is 17.8. The van der Waals surface area contributed by atoms with Crippen LogP contribution < -0.4 is 11.1 Å². The van der Waals surface area contributed by atoms with Crippen molar-refractivity contribution in [2.45, 2.75) is 56.8 Å². The Morgan fingerprint density at radius 1 is 0.744 bits per heavy atom. The molecule has 0 saturated carbocycles. The molecular weight excluding hydrogens is 573 g/mol. The number of nitrogens with zero attached hydrogens (tertiary/aromatic N) is 2. The quantitative estimate of drug-likeness (QED) is 0.276. The number of carbonyl (C=O) groups excluding carboxylic acids is 1. The van der Waals surface area contributed by atoms with Gasteiger partial charge in [0.2, 0.25) is 0 Å². The van der Waals surface area contributed by atoms with Crippen molar-refractivity contribution in [2.75, 3.05) is 39.3 Å². The van der Waals surface area contributed by atoms with E-state index < -0.39 is 22.7 Å². The first-order valence-corrected chi connectivity index (χ1v) is 15.6. The van der Waals surface area contributed by atoms with E-state index in [2.05, 4.69) is 39.4 Å². The lowest BCUT2D eigenvalue weighted by atomic mass is 10.0.